The van der Waals surface area contributed by atoms with E-state index in [4.69, 9.17) is 9.73 Å². The van der Waals surface area contributed by atoms with Gasteiger partial charge < -0.3 is 19.5 Å². The number of unbranched alkanes of at least 4 members (excludes halogenated alkanes) is 1. The zero-order valence-corrected chi connectivity index (χ0v) is 22.0. The fraction of sp³-hybridized carbons (Fsp3) is 0.818. The van der Waals surface area contributed by atoms with Gasteiger partial charge in [0.1, 0.15) is 12.2 Å². The number of aryl methyl sites for hydroxylation is 1. The van der Waals surface area contributed by atoms with E-state index < -0.39 is 0 Å². The van der Waals surface area contributed by atoms with Crippen molar-refractivity contribution in [1.82, 2.24) is 25.0 Å². The lowest BCUT2D eigenvalue weighted by molar-refractivity contribution is -0.146. The lowest BCUT2D eigenvalue weighted by atomic mass is 9.97. The van der Waals surface area contributed by atoms with Crippen LogP contribution in [0, 0.1) is 11.8 Å². The third-order valence-corrected chi connectivity index (χ3v) is 6.02. The summed E-state index contributed by atoms with van der Waals surface area (Å²) in [4.78, 5) is 19.1. The summed E-state index contributed by atoms with van der Waals surface area (Å²) < 4.78 is 7.01. The van der Waals surface area contributed by atoms with Crippen LogP contribution < -0.4 is 5.32 Å². The molecule has 2 rings (SSSR count). The van der Waals surface area contributed by atoms with Crippen LogP contribution >= 0.6 is 24.0 Å². The van der Waals surface area contributed by atoms with Gasteiger partial charge in [-0.05, 0) is 25.2 Å². The van der Waals surface area contributed by atoms with E-state index in [2.05, 4.69) is 45.8 Å². The summed E-state index contributed by atoms with van der Waals surface area (Å²) in [5.74, 6) is 2.49. The zero-order valence-electron chi connectivity index (χ0n) is 19.7. The second-order valence-electron chi connectivity index (χ2n) is 8.09. The SMILES string of the molecule is CCCCC(CC)CN=C(NCCn1cnnc1CC)N1CCC(C(=O)OC)CC1.I. The Bertz CT molecular complexity index is 658. The van der Waals surface area contributed by atoms with E-state index in [0.717, 1.165) is 70.2 Å². The number of esters is 1. The molecule has 1 aliphatic heterocycles. The number of likely N-dealkylation sites (tertiary alicyclic amines) is 1. The van der Waals surface area contributed by atoms with Gasteiger partial charge in [0.25, 0.3) is 0 Å². The number of rotatable bonds is 11. The molecule has 1 aromatic rings. The van der Waals surface area contributed by atoms with E-state index in [-0.39, 0.29) is 35.9 Å². The fourth-order valence-corrected chi connectivity index (χ4v) is 3.92. The first-order chi connectivity index (χ1) is 14.6. The molecule has 0 saturated carbocycles. The first-order valence-electron chi connectivity index (χ1n) is 11.6. The second kappa shape index (κ2) is 15.4. The highest BCUT2D eigenvalue weighted by molar-refractivity contribution is 14.0. The van der Waals surface area contributed by atoms with E-state index >= 15 is 0 Å². The largest absolute Gasteiger partial charge is 0.469 e. The van der Waals surface area contributed by atoms with Crippen molar-refractivity contribution in [3.63, 3.8) is 0 Å². The highest BCUT2D eigenvalue weighted by atomic mass is 127. The smallest absolute Gasteiger partial charge is 0.308 e. The summed E-state index contributed by atoms with van der Waals surface area (Å²) in [5, 5.41) is 11.7. The van der Waals surface area contributed by atoms with Gasteiger partial charge in [-0.15, -0.1) is 34.2 Å². The van der Waals surface area contributed by atoms with Crippen LogP contribution in [-0.2, 0) is 22.5 Å². The molecule has 0 aromatic carbocycles. The number of carbonyl (C=O) groups is 1. The van der Waals surface area contributed by atoms with Gasteiger partial charge in [0.15, 0.2) is 5.96 Å². The zero-order chi connectivity index (χ0) is 21.8. The number of nitrogens with zero attached hydrogens (tertiary/aromatic N) is 5. The van der Waals surface area contributed by atoms with Crippen molar-refractivity contribution in [2.24, 2.45) is 16.8 Å². The lowest BCUT2D eigenvalue weighted by Crippen LogP contribution is -2.47. The average molecular weight is 549 g/mol. The molecule has 0 amide bonds. The molecular weight excluding hydrogens is 507 g/mol. The molecule has 178 valence electrons. The van der Waals surface area contributed by atoms with Crippen molar-refractivity contribution in [3.05, 3.63) is 12.2 Å². The number of hydrogen-bond acceptors (Lipinski definition) is 5. The van der Waals surface area contributed by atoms with Gasteiger partial charge in [-0.1, -0.05) is 40.0 Å². The first-order valence-corrected chi connectivity index (χ1v) is 11.6. The van der Waals surface area contributed by atoms with Crippen LogP contribution in [-0.4, -0.2) is 64.9 Å². The lowest BCUT2D eigenvalue weighted by Gasteiger charge is -2.33. The molecule has 1 aliphatic rings. The van der Waals surface area contributed by atoms with Gasteiger partial charge in [-0.3, -0.25) is 9.79 Å². The highest BCUT2D eigenvalue weighted by Crippen LogP contribution is 2.19. The average Bonchev–Trinajstić information content (AvgIpc) is 3.25. The number of hydrogen-bond donors (Lipinski definition) is 1. The fourth-order valence-electron chi connectivity index (χ4n) is 3.92. The molecular formula is C22H41IN6O2. The number of piperidine rings is 1. The predicted octanol–water partition coefficient (Wildman–Crippen LogP) is 3.51. The highest BCUT2D eigenvalue weighted by Gasteiger charge is 2.27. The predicted molar refractivity (Wildman–Crippen MR) is 135 cm³/mol. The minimum Gasteiger partial charge on any atom is -0.469 e. The molecule has 1 N–H and O–H groups in total. The number of methoxy groups -OCH3 is 1. The molecule has 0 bridgehead atoms. The number of carbonyl (C=O) groups excluding carboxylic acids is 1. The minimum absolute atomic E-state index is 0. The van der Waals surface area contributed by atoms with Crippen molar-refractivity contribution in [1.29, 1.82) is 0 Å². The van der Waals surface area contributed by atoms with Gasteiger partial charge in [0.05, 0.1) is 13.0 Å². The molecule has 1 aromatic heterocycles. The summed E-state index contributed by atoms with van der Waals surface area (Å²) in [6.45, 7) is 10.7. The monoisotopic (exact) mass is 548 g/mol. The van der Waals surface area contributed by atoms with Crippen molar-refractivity contribution < 1.29 is 9.53 Å². The Morgan fingerprint density at radius 2 is 2.06 bits per heavy atom. The molecule has 9 heteroatoms. The molecule has 0 radical (unpaired) electrons. The Hall–Kier alpha value is -1.39. The maximum absolute atomic E-state index is 11.9. The summed E-state index contributed by atoms with van der Waals surface area (Å²) in [6.07, 6.45) is 9.16. The molecule has 1 fully saturated rings. The van der Waals surface area contributed by atoms with Crippen LogP contribution in [0.25, 0.3) is 0 Å². The summed E-state index contributed by atoms with van der Waals surface area (Å²) in [7, 11) is 1.47. The molecule has 2 heterocycles. The Labute approximate surface area is 204 Å². The van der Waals surface area contributed by atoms with Gasteiger partial charge in [-0.25, -0.2) is 0 Å². The van der Waals surface area contributed by atoms with Crippen molar-refractivity contribution >= 4 is 35.9 Å². The van der Waals surface area contributed by atoms with Crippen LogP contribution in [0.2, 0.25) is 0 Å². The molecule has 1 unspecified atom stereocenters. The molecule has 0 aliphatic carbocycles. The summed E-state index contributed by atoms with van der Waals surface area (Å²) in [6, 6.07) is 0. The second-order valence-corrected chi connectivity index (χ2v) is 8.09. The van der Waals surface area contributed by atoms with E-state index in [1.54, 1.807) is 6.33 Å². The number of aliphatic imine (C=N–C) groups is 1. The summed E-state index contributed by atoms with van der Waals surface area (Å²) in [5.41, 5.74) is 0. The number of guanidine groups is 1. The Morgan fingerprint density at radius 1 is 1.32 bits per heavy atom. The number of nitrogens with one attached hydrogen (secondary N) is 1. The van der Waals surface area contributed by atoms with E-state index in [1.165, 1.54) is 26.4 Å². The van der Waals surface area contributed by atoms with E-state index in [9.17, 15) is 4.79 Å². The van der Waals surface area contributed by atoms with E-state index in [1.807, 2.05) is 0 Å². The first kappa shape index (κ1) is 27.6. The molecule has 0 spiro atoms. The minimum atomic E-state index is -0.0913. The molecule has 31 heavy (non-hydrogen) atoms. The van der Waals surface area contributed by atoms with Crippen LogP contribution in [0.5, 0.6) is 0 Å². The van der Waals surface area contributed by atoms with Crippen LogP contribution in [0.4, 0.5) is 0 Å². The maximum Gasteiger partial charge on any atom is 0.308 e. The van der Waals surface area contributed by atoms with Crippen LogP contribution in [0.3, 0.4) is 0 Å². The van der Waals surface area contributed by atoms with Gasteiger partial charge in [-0.2, -0.15) is 0 Å². The number of ether oxygens (including phenoxy) is 1. The Morgan fingerprint density at radius 3 is 2.68 bits per heavy atom. The molecule has 1 atom stereocenters. The quantitative estimate of drug-likeness (QED) is 0.197. The Kier molecular flexibility index (Phi) is 13.7. The van der Waals surface area contributed by atoms with Gasteiger partial charge in [0, 0.05) is 39.1 Å². The van der Waals surface area contributed by atoms with E-state index in [0.29, 0.717) is 5.92 Å². The normalized spacial score (nSPS) is 16.0. The van der Waals surface area contributed by atoms with Crippen molar-refractivity contribution in [3.8, 4) is 0 Å². The van der Waals surface area contributed by atoms with Crippen LogP contribution in [0.1, 0.15) is 65.1 Å². The number of aromatic nitrogens is 3. The van der Waals surface area contributed by atoms with Gasteiger partial charge in [0.2, 0.25) is 0 Å². The van der Waals surface area contributed by atoms with Crippen molar-refractivity contribution in [2.75, 3.05) is 33.3 Å². The standard InChI is InChI=1S/C22H40N6O2.HI/c1-5-8-9-18(6-2)16-24-22(23-12-15-28-17-25-26-20(28)7-3)27-13-10-19(11-14-27)21(29)30-4;/h17-19H,5-16H2,1-4H3,(H,23,24);1H. The summed E-state index contributed by atoms with van der Waals surface area (Å²) >= 11 is 0. The van der Waals surface area contributed by atoms with Gasteiger partial charge >= 0.3 is 5.97 Å². The third kappa shape index (κ3) is 8.94. The van der Waals surface area contributed by atoms with Crippen LogP contribution in [0.15, 0.2) is 11.3 Å². The Balaban J connectivity index is 0.00000480. The topological polar surface area (TPSA) is 84.6 Å². The molecule has 8 nitrogen and oxygen atoms in total. The number of halogens is 1. The van der Waals surface area contributed by atoms with Crippen molar-refractivity contribution in [2.45, 2.75) is 72.3 Å². The molecule has 1 saturated heterocycles. The third-order valence-electron chi connectivity index (χ3n) is 6.02. The maximum atomic E-state index is 11.9.